The number of nitrogens with one attached hydrogen (secondary N) is 1. The number of hydrogen-bond acceptors (Lipinski definition) is 6. The van der Waals surface area contributed by atoms with Gasteiger partial charge in [-0.05, 0) is 50.3 Å². The molecule has 1 atom stereocenters. The molecule has 3 N–H and O–H groups in total. The number of amides is 2. The smallest absolute Gasteiger partial charge is 0.306 e. The summed E-state index contributed by atoms with van der Waals surface area (Å²) in [6.45, 7) is 0.537. The molecular formula is C22H30N2O6. The number of aliphatic hydroxyl groups is 1. The van der Waals surface area contributed by atoms with Gasteiger partial charge in [-0.3, -0.25) is 29.4 Å². The van der Waals surface area contributed by atoms with E-state index in [2.05, 4.69) is 5.32 Å². The standard InChI is InChI=1S/C17H22N2O4.C5H8O2/c1-19(15-7-8-16(22)18-17(15)23)10-14-12(6-3-9-20)4-2-5-13(14)11-21;6-5(7)4-2-1-3-4/h2,4-5,11,15,20H,3,6-10H2,1H3,(H,18,22,23);4H,1-3H2,(H,6,7). The molecule has 1 aliphatic carbocycles. The van der Waals surface area contributed by atoms with E-state index in [0.717, 1.165) is 36.7 Å². The number of aliphatic carboxylic acids is 1. The Balaban J connectivity index is 0.000000386. The number of carbonyl (C=O) groups excluding carboxylic acids is 3. The maximum atomic E-state index is 12.0. The lowest BCUT2D eigenvalue weighted by atomic mass is 9.86. The summed E-state index contributed by atoms with van der Waals surface area (Å²) in [7, 11) is 1.82. The second-order valence-corrected chi connectivity index (χ2v) is 7.78. The second kappa shape index (κ2) is 11.6. The first-order valence-electron chi connectivity index (χ1n) is 10.3. The summed E-state index contributed by atoms with van der Waals surface area (Å²) >= 11 is 0. The zero-order chi connectivity index (χ0) is 22.1. The largest absolute Gasteiger partial charge is 0.481 e. The van der Waals surface area contributed by atoms with E-state index < -0.39 is 5.97 Å². The lowest BCUT2D eigenvalue weighted by Gasteiger charge is -2.30. The normalized spacial score (nSPS) is 18.8. The van der Waals surface area contributed by atoms with E-state index in [0.29, 0.717) is 37.8 Å². The van der Waals surface area contributed by atoms with Crippen molar-refractivity contribution in [3.8, 4) is 0 Å². The molecule has 1 aromatic rings. The van der Waals surface area contributed by atoms with Gasteiger partial charge in [-0.2, -0.15) is 0 Å². The Hall–Kier alpha value is -2.58. The number of aliphatic hydroxyl groups excluding tert-OH is 1. The van der Waals surface area contributed by atoms with Crippen molar-refractivity contribution in [1.82, 2.24) is 10.2 Å². The van der Waals surface area contributed by atoms with Crippen LogP contribution in [-0.4, -0.2) is 58.9 Å². The second-order valence-electron chi connectivity index (χ2n) is 7.78. The van der Waals surface area contributed by atoms with E-state index in [4.69, 9.17) is 10.2 Å². The van der Waals surface area contributed by atoms with Gasteiger partial charge in [0.2, 0.25) is 11.8 Å². The lowest BCUT2D eigenvalue weighted by Crippen LogP contribution is -2.51. The number of likely N-dealkylation sites (N-methyl/N-ethyl adjacent to an activating group) is 1. The number of hydrogen-bond donors (Lipinski definition) is 3. The zero-order valence-electron chi connectivity index (χ0n) is 17.3. The Kier molecular flexibility index (Phi) is 9.14. The number of aldehydes is 1. The van der Waals surface area contributed by atoms with Gasteiger partial charge in [-0.15, -0.1) is 0 Å². The predicted octanol–water partition coefficient (Wildman–Crippen LogP) is 1.53. The molecule has 1 saturated carbocycles. The molecular weight excluding hydrogens is 388 g/mol. The van der Waals surface area contributed by atoms with Gasteiger partial charge in [0.15, 0.2) is 0 Å². The Labute approximate surface area is 176 Å². The molecule has 2 amide bonds. The highest BCUT2D eigenvalue weighted by atomic mass is 16.4. The summed E-state index contributed by atoms with van der Waals surface area (Å²) in [5.41, 5.74) is 2.48. The summed E-state index contributed by atoms with van der Waals surface area (Å²) in [6.07, 6.45) is 5.83. The van der Waals surface area contributed by atoms with Crippen LogP contribution in [0.5, 0.6) is 0 Å². The summed E-state index contributed by atoms with van der Waals surface area (Å²) in [5, 5.41) is 19.6. The third-order valence-electron chi connectivity index (χ3n) is 5.64. The molecule has 1 aliphatic heterocycles. The topological polar surface area (TPSA) is 124 Å². The third-order valence-corrected chi connectivity index (χ3v) is 5.64. The molecule has 8 heteroatoms. The molecule has 2 aliphatic rings. The zero-order valence-corrected chi connectivity index (χ0v) is 17.3. The number of carboxylic acid groups (broad SMARTS) is 1. The monoisotopic (exact) mass is 418 g/mol. The number of imide groups is 1. The van der Waals surface area contributed by atoms with E-state index in [9.17, 15) is 19.2 Å². The number of carboxylic acids is 1. The number of piperidine rings is 1. The highest BCUT2D eigenvalue weighted by Gasteiger charge is 2.30. The average Bonchev–Trinajstić information content (AvgIpc) is 2.65. The molecule has 8 nitrogen and oxygen atoms in total. The minimum absolute atomic E-state index is 0.000000000000000444. The van der Waals surface area contributed by atoms with E-state index in [1.165, 1.54) is 0 Å². The molecule has 1 heterocycles. The fourth-order valence-corrected chi connectivity index (χ4v) is 3.58. The van der Waals surface area contributed by atoms with Crippen molar-refractivity contribution < 1.29 is 29.4 Å². The number of nitrogens with zero attached hydrogens (tertiary/aromatic N) is 1. The maximum absolute atomic E-state index is 12.0. The van der Waals surface area contributed by atoms with Crippen LogP contribution >= 0.6 is 0 Å². The van der Waals surface area contributed by atoms with Gasteiger partial charge in [-0.25, -0.2) is 0 Å². The number of aryl methyl sites for hydroxylation is 1. The molecule has 0 spiro atoms. The average molecular weight is 418 g/mol. The van der Waals surface area contributed by atoms with Crippen LogP contribution in [-0.2, 0) is 27.3 Å². The van der Waals surface area contributed by atoms with Gasteiger partial charge in [0.25, 0.3) is 0 Å². The van der Waals surface area contributed by atoms with Crippen molar-refractivity contribution in [3.63, 3.8) is 0 Å². The van der Waals surface area contributed by atoms with E-state index in [1.807, 2.05) is 24.1 Å². The molecule has 0 aromatic heterocycles. The highest BCUT2D eigenvalue weighted by Crippen LogP contribution is 2.25. The molecule has 0 bridgehead atoms. The summed E-state index contributed by atoms with van der Waals surface area (Å²) in [5.74, 6) is -1.15. The van der Waals surface area contributed by atoms with Crippen LogP contribution < -0.4 is 5.32 Å². The first-order chi connectivity index (χ1) is 14.4. The molecule has 3 rings (SSSR count). The van der Waals surface area contributed by atoms with Gasteiger partial charge in [0.05, 0.1) is 12.0 Å². The molecule has 2 fully saturated rings. The summed E-state index contributed by atoms with van der Waals surface area (Å²) < 4.78 is 0. The van der Waals surface area contributed by atoms with Crippen LogP contribution in [0.25, 0.3) is 0 Å². The Morgan fingerprint density at radius 1 is 1.27 bits per heavy atom. The highest BCUT2D eigenvalue weighted by molar-refractivity contribution is 6.00. The molecule has 164 valence electrons. The van der Waals surface area contributed by atoms with E-state index >= 15 is 0 Å². The van der Waals surface area contributed by atoms with Crippen LogP contribution in [0.15, 0.2) is 18.2 Å². The molecule has 1 saturated heterocycles. The van der Waals surface area contributed by atoms with Crippen molar-refractivity contribution in [2.45, 2.75) is 57.5 Å². The van der Waals surface area contributed by atoms with Gasteiger partial charge in [-0.1, -0.05) is 24.6 Å². The molecule has 1 unspecified atom stereocenters. The fraction of sp³-hybridized carbons (Fsp3) is 0.545. The third kappa shape index (κ3) is 6.47. The van der Waals surface area contributed by atoms with Crippen LogP contribution in [0.2, 0.25) is 0 Å². The van der Waals surface area contributed by atoms with Crippen LogP contribution in [0.1, 0.15) is 60.0 Å². The van der Waals surface area contributed by atoms with Gasteiger partial charge >= 0.3 is 5.97 Å². The molecule has 0 radical (unpaired) electrons. The number of rotatable bonds is 8. The van der Waals surface area contributed by atoms with Crippen LogP contribution in [0.4, 0.5) is 0 Å². The first-order valence-corrected chi connectivity index (χ1v) is 10.3. The van der Waals surface area contributed by atoms with Crippen molar-refractivity contribution >= 4 is 24.1 Å². The Bertz CT molecular complexity index is 775. The van der Waals surface area contributed by atoms with Gasteiger partial charge < -0.3 is 10.2 Å². The lowest BCUT2D eigenvalue weighted by molar-refractivity contribution is -0.144. The fourth-order valence-electron chi connectivity index (χ4n) is 3.58. The number of carbonyl (C=O) groups is 4. The maximum Gasteiger partial charge on any atom is 0.306 e. The Morgan fingerprint density at radius 2 is 2.00 bits per heavy atom. The SMILES string of the molecule is CN(Cc1c(C=O)cccc1CCCO)C1CCC(=O)NC1=O.O=C(O)C1CCC1. The minimum atomic E-state index is -0.619. The first kappa shape index (κ1) is 23.7. The molecule has 1 aromatic carbocycles. The summed E-state index contributed by atoms with van der Waals surface area (Å²) in [6, 6.07) is 5.14. The minimum Gasteiger partial charge on any atom is -0.481 e. The summed E-state index contributed by atoms with van der Waals surface area (Å²) in [4.78, 5) is 46.4. The van der Waals surface area contributed by atoms with E-state index in [1.54, 1.807) is 6.07 Å². The Morgan fingerprint density at radius 3 is 2.50 bits per heavy atom. The quantitative estimate of drug-likeness (QED) is 0.432. The van der Waals surface area contributed by atoms with Crippen molar-refractivity contribution in [1.29, 1.82) is 0 Å². The van der Waals surface area contributed by atoms with Crippen molar-refractivity contribution in [2.24, 2.45) is 5.92 Å². The van der Waals surface area contributed by atoms with Gasteiger partial charge in [0.1, 0.15) is 6.29 Å². The van der Waals surface area contributed by atoms with Gasteiger partial charge in [0, 0.05) is 25.1 Å². The predicted molar refractivity (Wildman–Crippen MR) is 110 cm³/mol. The van der Waals surface area contributed by atoms with Crippen molar-refractivity contribution in [3.05, 3.63) is 34.9 Å². The van der Waals surface area contributed by atoms with Crippen molar-refractivity contribution in [2.75, 3.05) is 13.7 Å². The molecule has 30 heavy (non-hydrogen) atoms. The van der Waals surface area contributed by atoms with E-state index in [-0.39, 0.29) is 30.4 Å². The van der Waals surface area contributed by atoms with Crippen LogP contribution in [0, 0.1) is 5.92 Å². The number of benzene rings is 1. The van der Waals surface area contributed by atoms with Crippen LogP contribution in [0.3, 0.4) is 0 Å².